The zero-order chi connectivity index (χ0) is 20.1. The molecule has 0 aliphatic heterocycles. The molecule has 0 aromatic heterocycles. The summed E-state index contributed by atoms with van der Waals surface area (Å²) in [6, 6.07) is 12.2. The van der Waals surface area contributed by atoms with Crippen LogP contribution in [0.4, 0.5) is 11.4 Å². The molecule has 8 nitrogen and oxygen atoms in total. The lowest BCUT2D eigenvalue weighted by molar-refractivity contribution is -0.114. The predicted octanol–water partition coefficient (Wildman–Crippen LogP) is 2.26. The van der Waals surface area contributed by atoms with Gasteiger partial charge in [-0.15, -0.1) is 0 Å². The minimum Gasteiger partial charge on any atom is -0.326 e. The second kappa shape index (κ2) is 8.03. The Morgan fingerprint density at radius 3 is 1.96 bits per heavy atom. The lowest BCUT2D eigenvalue weighted by Crippen LogP contribution is -2.13. The molecule has 0 aliphatic rings. The molecule has 0 heterocycles. The van der Waals surface area contributed by atoms with Gasteiger partial charge in [0.05, 0.1) is 15.9 Å². The highest BCUT2D eigenvalue weighted by Gasteiger charge is 2.15. The zero-order valence-corrected chi connectivity index (χ0v) is 15.7. The molecular formula is C17H15N3O5S2. The van der Waals surface area contributed by atoms with Crippen LogP contribution in [0.2, 0.25) is 0 Å². The van der Waals surface area contributed by atoms with Gasteiger partial charge in [-0.25, -0.2) is 16.8 Å². The van der Waals surface area contributed by atoms with Gasteiger partial charge < -0.3 is 5.32 Å². The molecule has 2 aromatic carbocycles. The Balaban J connectivity index is 2.19. The van der Waals surface area contributed by atoms with Gasteiger partial charge in [-0.05, 0) is 48.5 Å². The number of carbonyl (C=O) groups is 1. The largest absolute Gasteiger partial charge is 0.326 e. The number of allylic oxidation sites excluding steroid dienone is 1. The molecule has 27 heavy (non-hydrogen) atoms. The number of nitrogens with one attached hydrogen (secondary N) is 2. The molecule has 0 spiro atoms. The van der Waals surface area contributed by atoms with Crippen LogP contribution < -0.4 is 10.0 Å². The molecule has 0 saturated carbocycles. The van der Waals surface area contributed by atoms with Crippen molar-refractivity contribution in [2.45, 2.75) is 16.7 Å². The lowest BCUT2D eigenvalue weighted by Gasteiger charge is -2.09. The van der Waals surface area contributed by atoms with E-state index in [0.29, 0.717) is 5.69 Å². The van der Waals surface area contributed by atoms with Crippen LogP contribution in [0.3, 0.4) is 0 Å². The maximum Gasteiger partial charge on any atom is 0.261 e. The highest BCUT2D eigenvalue weighted by Crippen LogP contribution is 2.20. The summed E-state index contributed by atoms with van der Waals surface area (Å²) in [7, 11) is -7.65. The van der Waals surface area contributed by atoms with E-state index in [-0.39, 0.29) is 21.4 Å². The summed E-state index contributed by atoms with van der Waals surface area (Å²) < 4.78 is 50.9. The number of hydrogen-bond acceptors (Lipinski definition) is 6. The predicted molar refractivity (Wildman–Crippen MR) is 99.9 cm³/mol. The molecule has 0 saturated heterocycles. The summed E-state index contributed by atoms with van der Waals surface area (Å²) in [5, 5.41) is 11.7. The van der Waals surface area contributed by atoms with E-state index >= 15 is 0 Å². The molecule has 0 unspecified atom stereocenters. The third-order valence-electron chi connectivity index (χ3n) is 3.24. The van der Waals surface area contributed by atoms with Gasteiger partial charge in [0.1, 0.15) is 0 Å². The van der Waals surface area contributed by atoms with Crippen LogP contribution in [0.15, 0.2) is 69.8 Å². The summed E-state index contributed by atoms with van der Waals surface area (Å²) in [6.45, 7) is 1.34. The Labute approximate surface area is 157 Å². The number of amides is 1. The van der Waals surface area contributed by atoms with E-state index in [9.17, 15) is 21.6 Å². The van der Waals surface area contributed by atoms with Gasteiger partial charge in [-0.3, -0.25) is 9.52 Å². The SMILES string of the molecule is CC(=O)Nc1ccc(S(=O)(=O)Nc2ccc(S(=O)(=O)/C=C/C#N)cc2)cc1. The average Bonchev–Trinajstić information content (AvgIpc) is 2.60. The fraction of sp³-hybridized carbons (Fsp3) is 0.0588. The Morgan fingerprint density at radius 2 is 1.44 bits per heavy atom. The highest BCUT2D eigenvalue weighted by atomic mass is 32.2. The van der Waals surface area contributed by atoms with Gasteiger partial charge in [-0.1, -0.05) is 0 Å². The van der Waals surface area contributed by atoms with E-state index < -0.39 is 19.9 Å². The van der Waals surface area contributed by atoms with Crippen molar-refractivity contribution >= 4 is 37.1 Å². The smallest absolute Gasteiger partial charge is 0.261 e. The van der Waals surface area contributed by atoms with Crippen molar-refractivity contribution in [3.05, 3.63) is 60.0 Å². The molecule has 0 radical (unpaired) electrons. The maximum atomic E-state index is 12.4. The Hall–Kier alpha value is -3.16. The van der Waals surface area contributed by atoms with Crippen LogP contribution in [0.25, 0.3) is 0 Å². The number of nitriles is 1. The van der Waals surface area contributed by atoms with Gasteiger partial charge in [0.25, 0.3) is 10.0 Å². The number of carbonyl (C=O) groups excluding carboxylic acids is 1. The average molecular weight is 405 g/mol. The van der Waals surface area contributed by atoms with Crippen LogP contribution in [0, 0.1) is 11.3 Å². The van der Waals surface area contributed by atoms with E-state index in [0.717, 1.165) is 11.5 Å². The van der Waals surface area contributed by atoms with Gasteiger partial charge in [0.2, 0.25) is 15.7 Å². The van der Waals surface area contributed by atoms with E-state index in [4.69, 9.17) is 5.26 Å². The number of anilines is 2. The van der Waals surface area contributed by atoms with Crippen LogP contribution in [0.5, 0.6) is 0 Å². The van der Waals surface area contributed by atoms with Crippen molar-refractivity contribution in [3.63, 3.8) is 0 Å². The van der Waals surface area contributed by atoms with Crippen molar-refractivity contribution in [3.8, 4) is 6.07 Å². The van der Waals surface area contributed by atoms with Gasteiger partial charge in [0.15, 0.2) is 0 Å². The summed E-state index contributed by atoms with van der Waals surface area (Å²) in [6.07, 6.45) is 0.844. The molecule has 0 atom stereocenters. The molecule has 2 N–H and O–H groups in total. The number of nitrogens with zero attached hydrogens (tertiary/aromatic N) is 1. The number of sulfone groups is 1. The molecule has 0 bridgehead atoms. The number of sulfonamides is 1. The monoisotopic (exact) mass is 405 g/mol. The third-order valence-corrected chi connectivity index (χ3v) is 6.06. The van der Waals surface area contributed by atoms with Crippen LogP contribution in [0.1, 0.15) is 6.92 Å². The first-order valence-electron chi connectivity index (χ1n) is 7.46. The topological polar surface area (TPSA) is 133 Å². The van der Waals surface area contributed by atoms with Crippen LogP contribution >= 0.6 is 0 Å². The molecule has 0 fully saturated rings. The molecule has 10 heteroatoms. The minimum atomic E-state index is -3.89. The fourth-order valence-electron chi connectivity index (χ4n) is 2.05. The standard InChI is InChI=1S/C17H15N3O5S2/c1-13(21)19-14-3-9-17(10-4-14)27(24,25)20-15-5-7-16(8-6-15)26(22,23)12-2-11-18/h2-10,12,20H,1H3,(H,19,21)/b12-2+. The van der Waals surface area contributed by atoms with E-state index in [1.165, 1.54) is 55.5 Å². The van der Waals surface area contributed by atoms with E-state index in [2.05, 4.69) is 10.0 Å². The molecular weight excluding hydrogens is 390 g/mol. The number of hydrogen-bond donors (Lipinski definition) is 2. The summed E-state index contributed by atoms with van der Waals surface area (Å²) in [4.78, 5) is 10.9. The summed E-state index contributed by atoms with van der Waals surface area (Å²) in [5.41, 5.74) is 0.630. The Bertz CT molecular complexity index is 1110. The molecule has 1 amide bonds. The second-order valence-corrected chi connectivity index (χ2v) is 8.83. The highest BCUT2D eigenvalue weighted by molar-refractivity contribution is 7.94. The van der Waals surface area contributed by atoms with Crippen molar-refractivity contribution in [1.29, 1.82) is 5.26 Å². The molecule has 140 valence electrons. The first-order valence-corrected chi connectivity index (χ1v) is 10.5. The Morgan fingerprint density at radius 1 is 0.926 bits per heavy atom. The molecule has 2 rings (SSSR count). The zero-order valence-electron chi connectivity index (χ0n) is 14.1. The quantitative estimate of drug-likeness (QED) is 0.708. The van der Waals surface area contributed by atoms with Gasteiger partial charge in [-0.2, -0.15) is 5.26 Å². The van der Waals surface area contributed by atoms with E-state index in [1.807, 2.05) is 0 Å². The summed E-state index contributed by atoms with van der Waals surface area (Å²) >= 11 is 0. The number of rotatable bonds is 6. The normalized spacial score (nSPS) is 11.7. The van der Waals surface area contributed by atoms with Gasteiger partial charge in [0, 0.05) is 29.8 Å². The Kier molecular flexibility index (Phi) is 5.99. The van der Waals surface area contributed by atoms with Crippen LogP contribution in [-0.2, 0) is 24.7 Å². The number of benzene rings is 2. The first kappa shape index (κ1) is 20.2. The fourth-order valence-corrected chi connectivity index (χ4v) is 4.02. The van der Waals surface area contributed by atoms with Crippen molar-refractivity contribution < 1.29 is 21.6 Å². The minimum absolute atomic E-state index is 0.0229. The summed E-state index contributed by atoms with van der Waals surface area (Å²) in [5.74, 6) is -0.275. The van der Waals surface area contributed by atoms with Crippen molar-refractivity contribution in [1.82, 2.24) is 0 Å². The van der Waals surface area contributed by atoms with Crippen molar-refractivity contribution in [2.75, 3.05) is 10.0 Å². The first-order chi connectivity index (χ1) is 12.6. The third kappa shape index (κ3) is 5.40. The lowest BCUT2D eigenvalue weighted by atomic mass is 10.3. The molecule has 0 aliphatic carbocycles. The second-order valence-electron chi connectivity index (χ2n) is 5.31. The van der Waals surface area contributed by atoms with Crippen LogP contribution in [-0.4, -0.2) is 22.7 Å². The molecule has 2 aromatic rings. The van der Waals surface area contributed by atoms with Gasteiger partial charge >= 0.3 is 0 Å². The maximum absolute atomic E-state index is 12.4. The van der Waals surface area contributed by atoms with E-state index in [1.54, 1.807) is 6.07 Å². The van der Waals surface area contributed by atoms with Crippen molar-refractivity contribution in [2.24, 2.45) is 0 Å².